The van der Waals surface area contributed by atoms with Crippen molar-refractivity contribution in [3.8, 4) is 11.5 Å². The number of hydrogen-bond donors (Lipinski definition) is 1. The van der Waals surface area contributed by atoms with Gasteiger partial charge in [-0.25, -0.2) is 4.98 Å². The number of para-hydroxylation sites is 2. The van der Waals surface area contributed by atoms with Crippen LogP contribution in [-0.2, 0) is 24.2 Å². The molecule has 4 rings (SSSR count). The number of carbonyl (C=O) groups is 1. The van der Waals surface area contributed by atoms with Crippen molar-refractivity contribution in [2.24, 2.45) is 0 Å². The van der Waals surface area contributed by atoms with Crippen molar-refractivity contribution in [1.29, 1.82) is 0 Å². The molecule has 38 heavy (non-hydrogen) atoms. The number of nitrogens with one attached hydrogen (secondary N) is 1. The number of carbonyl (C=O) groups excluding carboxylic acids is 1. The molecule has 6 nitrogen and oxygen atoms in total. The third-order valence-corrected chi connectivity index (χ3v) is 6.75. The van der Waals surface area contributed by atoms with Crippen molar-refractivity contribution >= 4 is 16.9 Å². The van der Waals surface area contributed by atoms with Crippen LogP contribution in [0.25, 0.3) is 11.0 Å². The molecule has 200 valence electrons. The Bertz CT molecular complexity index is 1330. The molecule has 0 spiro atoms. The van der Waals surface area contributed by atoms with Crippen LogP contribution < -0.4 is 14.8 Å². The second-order valence-electron chi connectivity index (χ2n) is 9.73. The zero-order chi connectivity index (χ0) is 26.7. The molecule has 6 heteroatoms. The summed E-state index contributed by atoms with van der Waals surface area (Å²) in [6, 6.07) is 22.6. The van der Waals surface area contributed by atoms with Crippen LogP contribution in [-0.4, -0.2) is 35.2 Å². The lowest BCUT2D eigenvalue weighted by molar-refractivity contribution is -0.123. The van der Waals surface area contributed by atoms with E-state index in [1.807, 2.05) is 50.2 Å². The van der Waals surface area contributed by atoms with Gasteiger partial charge in [0.05, 0.1) is 17.6 Å². The highest BCUT2D eigenvalue weighted by Gasteiger charge is 2.11. The number of imidazole rings is 1. The number of unbranched alkanes of at least 4 members (excludes halogenated alkanes) is 2. The first-order valence-electron chi connectivity index (χ1n) is 13.7. The van der Waals surface area contributed by atoms with Gasteiger partial charge in [-0.05, 0) is 80.1 Å². The highest BCUT2D eigenvalue weighted by atomic mass is 16.5. The lowest BCUT2D eigenvalue weighted by Gasteiger charge is -2.12. The van der Waals surface area contributed by atoms with E-state index in [9.17, 15) is 4.79 Å². The van der Waals surface area contributed by atoms with Gasteiger partial charge in [0.15, 0.2) is 6.61 Å². The molecule has 1 heterocycles. The second-order valence-corrected chi connectivity index (χ2v) is 9.73. The van der Waals surface area contributed by atoms with Crippen LogP contribution in [0.4, 0.5) is 0 Å². The van der Waals surface area contributed by atoms with E-state index in [0.717, 1.165) is 78.1 Å². The van der Waals surface area contributed by atoms with Gasteiger partial charge in [0.2, 0.25) is 0 Å². The highest BCUT2D eigenvalue weighted by Crippen LogP contribution is 2.20. The first-order chi connectivity index (χ1) is 18.5. The van der Waals surface area contributed by atoms with Crippen LogP contribution in [0.15, 0.2) is 66.7 Å². The Labute approximate surface area is 226 Å². The smallest absolute Gasteiger partial charge is 0.257 e. The van der Waals surface area contributed by atoms with Crippen molar-refractivity contribution in [3.63, 3.8) is 0 Å². The maximum absolute atomic E-state index is 12.2. The van der Waals surface area contributed by atoms with E-state index < -0.39 is 0 Å². The number of amides is 1. The molecule has 0 atom stereocenters. The fourth-order valence-electron chi connectivity index (χ4n) is 4.51. The van der Waals surface area contributed by atoms with Crippen molar-refractivity contribution < 1.29 is 14.3 Å². The Balaban J connectivity index is 1.20. The molecule has 1 aromatic heterocycles. The summed E-state index contributed by atoms with van der Waals surface area (Å²) in [6.45, 7) is 8.19. The van der Waals surface area contributed by atoms with Gasteiger partial charge < -0.3 is 19.4 Å². The number of rotatable bonds is 14. The summed E-state index contributed by atoms with van der Waals surface area (Å²) in [5.74, 6) is 2.66. The average molecular weight is 514 g/mol. The summed E-state index contributed by atoms with van der Waals surface area (Å²) in [5, 5.41) is 2.97. The average Bonchev–Trinajstić information content (AvgIpc) is 3.28. The zero-order valence-corrected chi connectivity index (χ0v) is 22.8. The summed E-state index contributed by atoms with van der Waals surface area (Å²) >= 11 is 0. The molecule has 0 saturated heterocycles. The van der Waals surface area contributed by atoms with E-state index in [1.165, 1.54) is 5.56 Å². The van der Waals surface area contributed by atoms with E-state index in [0.29, 0.717) is 13.2 Å². The Kier molecular flexibility index (Phi) is 9.79. The van der Waals surface area contributed by atoms with Gasteiger partial charge in [0.1, 0.15) is 23.9 Å². The number of aryl methyl sites for hydroxylation is 4. The molecule has 0 saturated carbocycles. The summed E-state index contributed by atoms with van der Waals surface area (Å²) in [4.78, 5) is 17.1. The number of nitrogens with zero attached hydrogens (tertiary/aromatic N) is 2. The third-order valence-electron chi connectivity index (χ3n) is 6.75. The molecule has 0 radical (unpaired) electrons. The van der Waals surface area contributed by atoms with Crippen molar-refractivity contribution in [3.05, 3.63) is 89.2 Å². The van der Waals surface area contributed by atoms with E-state index >= 15 is 0 Å². The molecule has 0 bridgehead atoms. The van der Waals surface area contributed by atoms with Crippen LogP contribution in [0, 0.1) is 13.8 Å². The lowest BCUT2D eigenvalue weighted by Crippen LogP contribution is -2.29. The Morgan fingerprint density at radius 2 is 1.76 bits per heavy atom. The van der Waals surface area contributed by atoms with E-state index in [-0.39, 0.29) is 12.5 Å². The fraction of sp³-hybridized carbons (Fsp3) is 0.375. The SMILES string of the molecule is CCc1ccc(OCCn2c(CCCCCNC(=O)COc3cc(C)ccc3C)nc3ccccc32)cc1. The second kappa shape index (κ2) is 13.7. The maximum atomic E-state index is 12.2. The molecular formula is C32H39N3O3. The van der Waals surface area contributed by atoms with E-state index in [2.05, 4.69) is 47.1 Å². The van der Waals surface area contributed by atoms with E-state index in [4.69, 9.17) is 14.5 Å². The summed E-state index contributed by atoms with van der Waals surface area (Å²) in [6.07, 6.45) is 4.87. The van der Waals surface area contributed by atoms with Gasteiger partial charge >= 0.3 is 0 Å². The zero-order valence-electron chi connectivity index (χ0n) is 22.8. The molecule has 0 fully saturated rings. The van der Waals surface area contributed by atoms with Gasteiger partial charge in [-0.3, -0.25) is 4.79 Å². The predicted molar refractivity (Wildman–Crippen MR) is 153 cm³/mol. The van der Waals surface area contributed by atoms with Crippen LogP contribution >= 0.6 is 0 Å². The number of aromatic nitrogens is 2. The van der Waals surface area contributed by atoms with Gasteiger partial charge in [0.25, 0.3) is 5.91 Å². The number of hydrogen-bond acceptors (Lipinski definition) is 4. The monoisotopic (exact) mass is 513 g/mol. The van der Waals surface area contributed by atoms with Crippen molar-refractivity contribution in [2.45, 2.75) is 59.4 Å². The molecule has 4 aromatic rings. The van der Waals surface area contributed by atoms with Crippen molar-refractivity contribution in [1.82, 2.24) is 14.9 Å². The largest absolute Gasteiger partial charge is 0.492 e. The normalized spacial score (nSPS) is 11.0. The molecule has 0 unspecified atom stereocenters. The molecule has 3 aromatic carbocycles. The Morgan fingerprint density at radius 3 is 2.58 bits per heavy atom. The van der Waals surface area contributed by atoms with Gasteiger partial charge in [0, 0.05) is 13.0 Å². The highest BCUT2D eigenvalue weighted by molar-refractivity contribution is 5.77. The molecule has 0 aliphatic carbocycles. The minimum absolute atomic E-state index is 0.0408. The van der Waals surface area contributed by atoms with Crippen LogP contribution in [0.1, 0.15) is 48.7 Å². The number of benzene rings is 3. The van der Waals surface area contributed by atoms with Crippen molar-refractivity contribution in [2.75, 3.05) is 19.8 Å². The summed E-state index contributed by atoms with van der Waals surface area (Å²) in [5.41, 5.74) is 5.63. The summed E-state index contributed by atoms with van der Waals surface area (Å²) < 4.78 is 14.0. The first-order valence-corrected chi connectivity index (χ1v) is 13.7. The molecule has 0 aliphatic heterocycles. The quantitative estimate of drug-likeness (QED) is 0.204. The minimum Gasteiger partial charge on any atom is -0.492 e. The molecule has 1 N–H and O–H groups in total. The minimum atomic E-state index is -0.0861. The molecular weight excluding hydrogens is 474 g/mol. The fourth-order valence-corrected chi connectivity index (χ4v) is 4.51. The van der Waals surface area contributed by atoms with Crippen LogP contribution in [0.5, 0.6) is 11.5 Å². The number of fused-ring (bicyclic) bond motifs is 1. The molecule has 0 aliphatic rings. The van der Waals surface area contributed by atoms with Gasteiger partial charge in [-0.1, -0.05) is 49.7 Å². The van der Waals surface area contributed by atoms with Crippen LogP contribution in [0.3, 0.4) is 0 Å². The van der Waals surface area contributed by atoms with E-state index in [1.54, 1.807) is 0 Å². The first kappa shape index (κ1) is 27.2. The van der Waals surface area contributed by atoms with Gasteiger partial charge in [-0.15, -0.1) is 0 Å². The van der Waals surface area contributed by atoms with Crippen LogP contribution in [0.2, 0.25) is 0 Å². The lowest BCUT2D eigenvalue weighted by atomic mass is 10.1. The predicted octanol–water partition coefficient (Wildman–Crippen LogP) is 6.20. The summed E-state index contributed by atoms with van der Waals surface area (Å²) in [7, 11) is 0. The Hall–Kier alpha value is -3.80. The van der Waals surface area contributed by atoms with Gasteiger partial charge in [-0.2, -0.15) is 0 Å². The molecule has 1 amide bonds. The standard InChI is InChI=1S/C32H39N3O3/c1-4-26-15-17-27(18-16-26)37-21-20-35-29-11-8-7-10-28(29)34-31(35)12-6-5-9-19-33-32(36)23-38-30-22-24(2)13-14-25(30)3/h7-8,10-11,13-18,22H,4-6,9,12,19-21,23H2,1-3H3,(H,33,36). The third kappa shape index (κ3) is 7.60. The maximum Gasteiger partial charge on any atom is 0.257 e. The number of ether oxygens (including phenoxy) is 2. The Morgan fingerprint density at radius 1 is 0.947 bits per heavy atom. The topological polar surface area (TPSA) is 65.4 Å².